The number of nitrogens with two attached hydrogens (primary N) is 2. The third-order valence-corrected chi connectivity index (χ3v) is 10.7. The van der Waals surface area contributed by atoms with E-state index in [1.807, 2.05) is 0 Å². The van der Waals surface area contributed by atoms with Crippen molar-refractivity contribution >= 4 is 83.2 Å². The monoisotopic (exact) mass is 800 g/mol. The van der Waals surface area contributed by atoms with Gasteiger partial charge in [0.2, 0.25) is 41.5 Å². The van der Waals surface area contributed by atoms with Crippen molar-refractivity contribution in [3.8, 4) is 0 Å². The number of halogens is 3. The van der Waals surface area contributed by atoms with Gasteiger partial charge in [-0.05, 0) is 146 Å². The van der Waals surface area contributed by atoms with Gasteiger partial charge in [0.25, 0.3) is 0 Å². The predicted molar refractivity (Wildman–Crippen MR) is 202 cm³/mol. The number of sulfone groups is 2. The SMILES string of the molecule is CNc1ccc(S(=O)(=O)c2ccc(Nc3nc(C)nc(C)n3)cc2)cc1.Clc1nc(Cl)nc(Cl)n1.Nc1ccc(S(=O)(=O)c2ccc(N)cc2)cc1. The number of aryl methyl sites for hydroxylation is 2. The first-order chi connectivity index (χ1) is 24.6. The average Bonchev–Trinajstić information content (AvgIpc) is 3.08. The molecular weight excluding hydrogens is 771 g/mol. The Morgan fingerprint density at radius 3 is 1.12 bits per heavy atom. The smallest absolute Gasteiger partial charge is 0.230 e. The zero-order chi connectivity index (χ0) is 38.1. The number of anilines is 5. The van der Waals surface area contributed by atoms with Crippen LogP contribution in [0.3, 0.4) is 0 Å². The summed E-state index contributed by atoms with van der Waals surface area (Å²) >= 11 is 16.0. The van der Waals surface area contributed by atoms with Crippen LogP contribution in [0.15, 0.2) is 117 Å². The van der Waals surface area contributed by atoms with Crippen LogP contribution in [0.2, 0.25) is 15.9 Å². The molecule has 0 amide bonds. The minimum atomic E-state index is -3.56. The van der Waals surface area contributed by atoms with Crippen LogP contribution < -0.4 is 22.1 Å². The summed E-state index contributed by atoms with van der Waals surface area (Å²) in [5.74, 6) is 1.65. The quantitative estimate of drug-likeness (QED) is 0.125. The number of aromatic nitrogens is 6. The van der Waals surface area contributed by atoms with E-state index in [1.165, 1.54) is 24.3 Å². The van der Waals surface area contributed by atoms with Crippen LogP contribution in [-0.4, -0.2) is 53.8 Å². The van der Waals surface area contributed by atoms with Crippen molar-refractivity contribution in [3.05, 3.63) is 125 Å². The highest BCUT2D eigenvalue weighted by Crippen LogP contribution is 2.25. The molecule has 0 bridgehead atoms. The number of benzene rings is 4. The Labute approximate surface area is 315 Å². The molecule has 19 heteroatoms. The molecule has 0 unspecified atom stereocenters. The van der Waals surface area contributed by atoms with Gasteiger partial charge in [-0.15, -0.1) is 0 Å². The van der Waals surface area contributed by atoms with Gasteiger partial charge in [-0.2, -0.15) is 24.9 Å². The molecule has 0 saturated heterocycles. The number of hydrogen-bond acceptors (Lipinski definition) is 14. The van der Waals surface area contributed by atoms with Gasteiger partial charge in [0.05, 0.1) is 19.6 Å². The fraction of sp³-hybridized carbons (Fsp3) is 0.0909. The number of hydrogen-bond donors (Lipinski definition) is 4. The standard InChI is InChI=1S/C18H19N5O2S.C12H12N2O2S.C3Cl3N3/c1-12-20-13(2)22-18(21-12)23-15-6-10-17(11-7-15)26(24,25)16-8-4-14(19-3)5-9-16;13-9-1-5-11(6-2-9)17(15,16)12-7-3-10(14)4-8-12;4-1-7-2(5)9-3(6)8-1/h4-11,19H,1-3H3,(H,20,21,22,23);1-8H,13-14H2;. The molecule has 0 atom stereocenters. The highest BCUT2D eigenvalue weighted by molar-refractivity contribution is 7.91. The van der Waals surface area contributed by atoms with E-state index in [9.17, 15) is 16.8 Å². The zero-order valence-corrected chi connectivity index (χ0v) is 31.6. The van der Waals surface area contributed by atoms with Crippen LogP contribution in [0.5, 0.6) is 0 Å². The second-order valence-corrected chi connectivity index (χ2v) is 15.4. The minimum Gasteiger partial charge on any atom is -0.399 e. The second kappa shape index (κ2) is 17.4. The maximum atomic E-state index is 12.7. The highest BCUT2D eigenvalue weighted by Gasteiger charge is 2.18. The molecule has 270 valence electrons. The normalized spacial score (nSPS) is 11.0. The molecule has 0 spiro atoms. The first-order valence-electron chi connectivity index (χ1n) is 14.8. The molecule has 52 heavy (non-hydrogen) atoms. The van der Waals surface area contributed by atoms with Gasteiger partial charge in [-0.25, -0.2) is 21.8 Å². The van der Waals surface area contributed by atoms with Gasteiger partial charge in [0, 0.05) is 29.8 Å². The maximum absolute atomic E-state index is 12.7. The third kappa shape index (κ3) is 10.9. The van der Waals surface area contributed by atoms with Crippen molar-refractivity contribution < 1.29 is 16.8 Å². The van der Waals surface area contributed by atoms with Gasteiger partial charge < -0.3 is 22.1 Å². The van der Waals surface area contributed by atoms with Crippen molar-refractivity contribution in [3.63, 3.8) is 0 Å². The summed E-state index contributed by atoms with van der Waals surface area (Å²) in [7, 11) is -5.26. The van der Waals surface area contributed by atoms with Crippen molar-refractivity contribution in [1.82, 2.24) is 29.9 Å². The maximum Gasteiger partial charge on any atom is 0.230 e. The Morgan fingerprint density at radius 1 is 0.481 bits per heavy atom. The summed E-state index contributed by atoms with van der Waals surface area (Å²) in [6.07, 6.45) is 0. The number of nitrogen functional groups attached to an aromatic ring is 2. The van der Waals surface area contributed by atoms with Crippen molar-refractivity contribution in [2.45, 2.75) is 33.4 Å². The predicted octanol–water partition coefficient (Wildman–Crippen LogP) is 6.62. The molecule has 6 aromatic rings. The Bertz CT molecular complexity index is 2230. The van der Waals surface area contributed by atoms with E-state index in [0.29, 0.717) is 34.7 Å². The second-order valence-electron chi connectivity index (χ2n) is 10.5. The van der Waals surface area contributed by atoms with Crippen LogP contribution in [0.1, 0.15) is 11.6 Å². The van der Waals surface area contributed by atoms with E-state index in [-0.39, 0.29) is 35.4 Å². The Balaban J connectivity index is 0.000000198. The first kappa shape index (κ1) is 39.7. The van der Waals surface area contributed by atoms with Crippen LogP contribution in [-0.2, 0) is 19.7 Å². The van der Waals surface area contributed by atoms with Crippen LogP contribution >= 0.6 is 34.8 Å². The van der Waals surface area contributed by atoms with Gasteiger partial charge in [0.15, 0.2) is 0 Å². The fourth-order valence-electron chi connectivity index (χ4n) is 4.19. The highest BCUT2D eigenvalue weighted by atomic mass is 35.5. The molecule has 0 aliphatic heterocycles. The third-order valence-electron chi connectivity index (χ3n) is 6.67. The minimum absolute atomic E-state index is 0.000000000000000444. The lowest BCUT2D eigenvalue weighted by Gasteiger charge is -2.09. The Kier molecular flexibility index (Phi) is 13.3. The summed E-state index contributed by atoms with van der Waals surface area (Å²) in [6, 6.07) is 25.3. The van der Waals surface area contributed by atoms with Crippen LogP contribution in [0.4, 0.5) is 28.7 Å². The molecule has 2 heterocycles. The van der Waals surface area contributed by atoms with Gasteiger partial charge >= 0.3 is 0 Å². The largest absolute Gasteiger partial charge is 0.399 e. The van der Waals surface area contributed by atoms with E-state index in [1.54, 1.807) is 93.7 Å². The molecule has 2 aromatic heterocycles. The molecule has 0 radical (unpaired) electrons. The summed E-state index contributed by atoms with van der Waals surface area (Å²) < 4.78 is 49.8. The van der Waals surface area contributed by atoms with Crippen LogP contribution in [0, 0.1) is 13.8 Å². The lowest BCUT2D eigenvalue weighted by Crippen LogP contribution is -2.04. The van der Waals surface area contributed by atoms with E-state index >= 15 is 0 Å². The summed E-state index contributed by atoms with van der Waals surface area (Å²) in [5.41, 5.74) is 13.6. The van der Waals surface area contributed by atoms with Gasteiger partial charge in [0.1, 0.15) is 11.6 Å². The number of nitrogens with zero attached hydrogens (tertiary/aromatic N) is 6. The lowest BCUT2D eigenvalue weighted by atomic mass is 10.3. The van der Waals surface area contributed by atoms with Gasteiger partial charge in [-0.3, -0.25) is 0 Å². The molecule has 14 nitrogen and oxygen atoms in total. The molecule has 4 aromatic carbocycles. The zero-order valence-electron chi connectivity index (χ0n) is 27.7. The van der Waals surface area contributed by atoms with Crippen molar-refractivity contribution in [2.24, 2.45) is 0 Å². The molecule has 6 N–H and O–H groups in total. The average molecular weight is 802 g/mol. The summed E-state index contributed by atoms with van der Waals surface area (Å²) in [5, 5.41) is 6.02. The Hall–Kier alpha value is -5.13. The molecule has 0 aliphatic rings. The lowest BCUT2D eigenvalue weighted by molar-refractivity contribution is 0.594. The summed E-state index contributed by atoms with van der Waals surface area (Å²) in [6.45, 7) is 3.57. The van der Waals surface area contributed by atoms with E-state index in [2.05, 4.69) is 40.5 Å². The van der Waals surface area contributed by atoms with E-state index < -0.39 is 19.7 Å². The molecule has 0 aliphatic carbocycles. The van der Waals surface area contributed by atoms with Crippen molar-refractivity contribution in [1.29, 1.82) is 0 Å². The molecular formula is C33H31Cl3N10O4S2. The summed E-state index contributed by atoms with van der Waals surface area (Å²) in [4.78, 5) is 23.8. The number of nitrogens with one attached hydrogen (secondary N) is 2. The number of rotatable bonds is 7. The molecule has 6 rings (SSSR count). The van der Waals surface area contributed by atoms with Crippen LogP contribution in [0.25, 0.3) is 0 Å². The molecule has 0 saturated carbocycles. The van der Waals surface area contributed by atoms with Crippen molar-refractivity contribution in [2.75, 3.05) is 29.1 Å². The topological polar surface area (TPSA) is 222 Å². The van der Waals surface area contributed by atoms with Gasteiger partial charge in [-0.1, -0.05) is 0 Å². The first-order valence-corrected chi connectivity index (χ1v) is 18.9. The Morgan fingerprint density at radius 2 is 0.788 bits per heavy atom. The molecule has 0 fully saturated rings. The van der Waals surface area contributed by atoms with E-state index in [4.69, 9.17) is 46.3 Å². The fourth-order valence-corrected chi connectivity index (χ4v) is 7.32. The van der Waals surface area contributed by atoms with E-state index in [0.717, 1.165) is 5.69 Å².